The zero-order valence-corrected chi connectivity index (χ0v) is 13.8. The third-order valence-corrected chi connectivity index (χ3v) is 3.86. The molecule has 2 aromatic carbocycles. The zero-order valence-electron chi connectivity index (χ0n) is 13.8. The molecule has 0 unspecified atom stereocenters. The summed E-state index contributed by atoms with van der Waals surface area (Å²) in [5.41, 5.74) is 3.77. The number of hydrogen-bond donors (Lipinski definition) is 0. The minimum absolute atomic E-state index is 0.631. The largest absolute Gasteiger partial charge is 0.486 e. The second kappa shape index (κ2) is 7.34. The summed E-state index contributed by atoms with van der Waals surface area (Å²) in [4.78, 5) is 2.27. The summed E-state index contributed by atoms with van der Waals surface area (Å²) in [5, 5.41) is 0. The maximum atomic E-state index is 5.64. The minimum atomic E-state index is 0.631. The second-order valence-electron chi connectivity index (χ2n) is 5.99. The minimum Gasteiger partial charge on any atom is -0.486 e. The number of hydrogen-bond acceptors (Lipinski definition) is 3. The van der Waals surface area contributed by atoms with Gasteiger partial charge in [-0.1, -0.05) is 48.0 Å². The van der Waals surface area contributed by atoms with E-state index >= 15 is 0 Å². The van der Waals surface area contributed by atoms with Gasteiger partial charge in [0.2, 0.25) is 0 Å². The average Bonchev–Trinajstić information content (AvgIpc) is 2.56. The van der Waals surface area contributed by atoms with Crippen LogP contribution < -0.4 is 9.47 Å². The number of rotatable bonds is 5. The predicted molar refractivity (Wildman–Crippen MR) is 94.0 cm³/mol. The monoisotopic (exact) mass is 309 g/mol. The van der Waals surface area contributed by atoms with Crippen molar-refractivity contribution in [3.05, 3.63) is 65.2 Å². The molecule has 2 aromatic rings. The highest BCUT2D eigenvalue weighted by atomic mass is 16.6. The Balaban J connectivity index is 1.54. The van der Waals surface area contributed by atoms with Crippen LogP contribution in [0.15, 0.2) is 48.5 Å². The van der Waals surface area contributed by atoms with Crippen LogP contribution in [0.25, 0.3) is 6.08 Å². The van der Waals surface area contributed by atoms with E-state index in [2.05, 4.69) is 67.4 Å². The van der Waals surface area contributed by atoms with Gasteiger partial charge in [0.05, 0.1) is 0 Å². The topological polar surface area (TPSA) is 21.7 Å². The third kappa shape index (κ3) is 4.36. The van der Waals surface area contributed by atoms with Crippen LogP contribution in [0.5, 0.6) is 11.5 Å². The Kier molecular flexibility index (Phi) is 4.99. The molecule has 0 N–H and O–H groups in total. The lowest BCUT2D eigenvalue weighted by Crippen LogP contribution is -2.19. The van der Waals surface area contributed by atoms with E-state index in [9.17, 15) is 0 Å². The molecule has 1 aliphatic rings. The smallest absolute Gasteiger partial charge is 0.161 e. The van der Waals surface area contributed by atoms with Crippen LogP contribution in [0.1, 0.15) is 16.7 Å². The highest BCUT2D eigenvalue weighted by Gasteiger charge is 2.12. The molecule has 3 nitrogen and oxygen atoms in total. The van der Waals surface area contributed by atoms with Crippen molar-refractivity contribution in [2.75, 3.05) is 26.8 Å². The molecule has 3 rings (SSSR count). The number of ether oxygens (including phenoxy) is 2. The van der Waals surface area contributed by atoms with Gasteiger partial charge in [0.15, 0.2) is 11.5 Å². The summed E-state index contributed by atoms with van der Waals surface area (Å²) >= 11 is 0. The van der Waals surface area contributed by atoms with Crippen molar-refractivity contribution in [3.63, 3.8) is 0 Å². The highest BCUT2D eigenvalue weighted by Crippen LogP contribution is 2.30. The lowest BCUT2D eigenvalue weighted by Gasteiger charge is -2.20. The zero-order chi connectivity index (χ0) is 16.1. The molecule has 0 atom stereocenters. The Bertz CT molecular complexity index is 677. The van der Waals surface area contributed by atoms with E-state index in [1.165, 1.54) is 16.7 Å². The average molecular weight is 309 g/mol. The van der Waals surface area contributed by atoms with Gasteiger partial charge in [-0.15, -0.1) is 0 Å². The van der Waals surface area contributed by atoms with Crippen LogP contribution in [-0.4, -0.2) is 31.7 Å². The molecular weight excluding hydrogens is 286 g/mol. The molecule has 0 amide bonds. The molecule has 1 heterocycles. The Morgan fingerprint density at radius 2 is 1.74 bits per heavy atom. The Morgan fingerprint density at radius 1 is 1.00 bits per heavy atom. The molecule has 0 spiro atoms. The summed E-state index contributed by atoms with van der Waals surface area (Å²) < 4.78 is 11.2. The van der Waals surface area contributed by atoms with Gasteiger partial charge in [0.25, 0.3) is 0 Å². The van der Waals surface area contributed by atoms with Gasteiger partial charge in [-0.2, -0.15) is 0 Å². The lowest BCUT2D eigenvalue weighted by atomic mass is 10.1. The van der Waals surface area contributed by atoms with Crippen molar-refractivity contribution in [2.24, 2.45) is 0 Å². The first-order valence-corrected chi connectivity index (χ1v) is 8.01. The first-order valence-electron chi connectivity index (χ1n) is 8.01. The van der Waals surface area contributed by atoms with E-state index < -0.39 is 0 Å². The van der Waals surface area contributed by atoms with Gasteiger partial charge in [0.1, 0.15) is 13.2 Å². The molecule has 0 saturated heterocycles. The molecule has 1 aliphatic heterocycles. The summed E-state index contributed by atoms with van der Waals surface area (Å²) in [6, 6.07) is 14.7. The van der Waals surface area contributed by atoms with E-state index in [1.54, 1.807) is 0 Å². The first kappa shape index (κ1) is 15.6. The molecule has 0 radical (unpaired) electrons. The van der Waals surface area contributed by atoms with Crippen LogP contribution >= 0.6 is 0 Å². The van der Waals surface area contributed by atoms with E-state index in [-0.39, 0.29) is 0 Å². The number of fused-ring (bicyclic) bond motifs is 1. The highest BCUT2D eigenvalue weighted by molar-refractivity contribution is 5.49. The van der Waals surface area contributed by atoms with E-state index in [0.717, 1.165) is 24.6 Å². The van der Waals surface area contributed by atoms with Crippen molar-refractivity contribution in [2.45, 2.75) is 13.5 Å². The van der Waals surface area contributed by atoms with Crippen molar-refractivity contribution >= 4 is 6.08 Å². The summed E-state index contributed by atoms with van der Waals surface area (Å²) in [7, 11) is 2.12. The molecule has 0 fully saturated rings. The van der Waals surface area contributed by atoms with Crippen LogP contribution in [0.4, 0.5) is 0 Å². The van der Waals surface area contributed by atoms with Gasteiger partial charge in [-0.05, 0) is 37.2 Å². The number of likely N-dealkylation sites (N-methyl/N-ethyl adjacent to an activating group) is 1. The number of aryl methyl sites for hydroxylation is 1. The standard InChI is InChI=1S/C20H23NO2/c1-16-5-7-17(8-6-16)4-3-11-21(2)15-18-9-10-19-20(14-18)23-13-12-22-19/h3-10,14H,11-13,15H2,1-2H3/b4-3+. The summed E-state index contributed by atoms with van der Waals surface area (Å²) in [5.74, 6) is 1.71. The predicted octanol–water partition coefficient (Wildman–Crippen LogP) is 3.91. The molecule has 120 valence electrons. The van der Waals surface area contributed by atoms with E-state index in [0.29, 0.717) is 13.2 Å². The van der Waals surface area contributed by atoms with Crippen molar-refractivity contribution < 1.29 is 9.47 Å². The molecule has 0 aliphatic carbocycles. The summed E-state index contributed by atoms with van der Waals surface area (Å²) in [6.45, 7) is 5.16. The molecule has 3 heteroatoms. The van der Waals surface area contributed by atoms with Crippen LogP contribution in [0.2, 0.25) is 0 Å². The van der Waals surface area contributed by atoms with Gasteiger partial charge in [0, 0.05) is 13.1 Å². The first-order chi connectivity index (χ1) is 11.2. The number of benzene rings is 2. The lowest BCUT2D eigenvalue weighted by molar-refractivity contribution is 0.171. The van der Waals surface area contributed by atoms with E-state index in [1.807, 2.05) is 6.07 Å². The van der Waals surface area contributed by atoms with Crippen LogP contribution in [-0.2, 0) is 6.54 Å². The maximum Gasteiger partial charge on any atom is 0.161 e. The Hall–Kier alpha value is -2.26. The fourth-order valence-electron chi connectivity index (χ4n) is 2.61. The summed E-state index contributed by atoms with van der Waals surface area (Å²) in [6.07, 6.45) is 4.36. The quantitative estimate of drug-likeness (QED) is 0.836. The SMILES string of the molecule is Cc1ccc(/C=C/CN(C)Cc2ccc3c(c2)OCCO3)cc1. The van der Waals surface area contributed by atoms with E-state index in [4.69, 9.17) is 9.47 Å². The van der Waals surface area contributed by atoms with Crippen LogP contribution in [0.3, 0.4) is 0 Å². The molecular formula is C20H23NO2. The number of nitrogens with zero attached hydrogens (tertiary/aromatic N) is 1. The van der Waals surface area contributed by atoms with Gasteiger partial charge in [-0.3, -0.25) is 4.90 Å². The maximum absolute atomic E-state index is 5.64. The normalized spacial score (nSPS) is 13.7. The van der Waals surface area contributed by atoms with Crippen molar-refractivity contribution in [1.29, 1.82) is 0 Å². The second-order valence-corrected chi connectivity index (χ2v) is 5.99. The molecule has 0 aromatic heterocycles. The fourth-order valence-corrected chi connectivity index (χ4v) is 2.61. The fraction of sp³-hybridized carbons (Fsp3) is 0.300. The third-order valence-electron chi connectivity index (χ3n) is 3.86. The Labute approximate surface area is 138 Å². The van der Waals surface area contributed by atoms with Crippen LogP contribution in [0, 0.1) is 6.92 Å². The van der Waals surface area contributed by atoms with Crippen molar-refractivity contribution in [1.82, 2.24) is 4.90 Å². The van der Waals surface area contributed by atoms with Gasteiger partial charge in [-0.25, -0.2) is 0 Å². The molecule has 23 heavy (non-hydrogen) atoms. The van der Waals surface area contributed by atoms with Gasteiger partial charge < -0.3 is 9.47 Å². The molecule has 0 saturated carbocycles. The van der Waals surface area contributed by atoms with Crippen molar-refractivity contribution in [3.8, 4) is 11.5 Å². The Morgan fingerprint density at radius 3 is 2.52 bits per heavy atom. The van der Waals surface area contributed by atoms with Gasteiger partial charge >= 0.3 is 0 Å². The molecule has 0 bridgehead atoms.